The molecule has 1 atom stereocenters. The molecule has 17 heavy (non-hydrogen) atoms. The van der Waals surface area contributed by atoms with Crippen LogP contribution in [0.1, 0.15) is 36.9 Å². The minimum Gasteiger partial charge on any atom is -0.212 e. The number of nitrogens with zero attached hydrogens (tertiary/aromatic N) is 1. The summed E-state index contributed by atoms with van der Waals surface area (Å²) in [6, 6.07) is 8.11. The lowest BCUT2D eigenvalue weighted by Gasteiger charge is -2.25. The Labute approximate surface area is 104 Å². The first kappa shape index (κ1) is 12.6. The summed E-state index contributed by atoms with van der Waals surface area (Å²) in [6.45, 7) is 4.42. The third-order valence-electron chi connectivity index (χ3n) is 3.47. The van der Waals surface area contributed by atoms with E-state index < -0.39 is 10.0 Å². The fraction of sp³-hybridized carbons (Fsp3) is 0.538. The van der Waals surface area contributed by atoms with Gasteiger partial charge in [0.15, 0.2) is 0 Å². The van der Waals surface area contributed by atoms with E-state index in [1.54, 1.807) is 11.2 Å². The summed E-state index contributed by atoms with van der Waals surface area (Å²) in [5.74, 6) is 0.190. The third kappa shape index (κ3) is 2.38. The molecule has 0 saturated carbocycles. The van der Waals surface area contributed by atoms with Crippen LogP contribution in [0, 0.1) is 6.92 Å². The molecule has 3 nitrogen and oxygen atoms in total. The molecular weight excluding hydrogens is 234 g/mol. The van der Waals surface area contributed by atoms with E-state index in [0.717, 1.165) is 18.4 Å². The molecule has 1 aliphatic heterocycles. The molecule has 0 aromatic heterocycles. The average Bonchev–Trinajstić information content (AvgIpc) is 2.79. The predicted molar refractivity (Wildman–Crippen MR) is 69.3 cm³/mol. The zero-order valence-electron chi connectivity index (χ0n) is 10.4. The van der Waals surface area contributed by atoms with Crippen LogP contribution in [0.2, 0.25) is 0 Å². The van der Waals surface area contributed by atoms with Crippen LogP contribution in [-0.2, 0) is 10.0 Å². The predicted octanol–water partition coefficient (Wildman–Crippen LogP) is 2.48. The van der Waals surface area contributed by atoms with Gasteiger partial charge < -0.3 is 0 Å². The van der Waals surface area contributed by atoms with E-state index in [1.165, 1.54) is 5.56 Å². The van der Waals surface area contributed by atoms with Crippen molar-refractivity contribution in [2.24, 2.45) is 0 Å². The summed E-state index contributed by atoms with van der Waals surface area (Å²) in [4.78, 5) is 0. The van der Waals surface area contributed by atoms with Gasteiger partial charge in [-0.05, 0) is 37.8 Å². The second-order valence-corrected chi connectivity index (χ2v) is 6.74. The summed E-state index contributed by atoms with van der Waals surface area (Å²) in [5.41, 5.74) is 2.33. The fourth-order valence-corrected chi connectivity index (χ4v) is 3.86. The Hall–Kier alpha value is -0.870. The third-order valence-corrected chi connectivity index (χ3v) is 5.35. The number of aryl methyl sites for hydroxylation is 1. The van der Waals surface area contributed by atoms with Gasteiger partial charge in [-0.3, -0.25) is 0 Å². The van der Waals surface area contributed by atoms with E-state index in [9.17, 15) is 8.42 Å². The van der Waals surface area contributed by atoms with Gasteiger partial charge in [-0.1, -0.05) is 24.3 Å². The van der Waals surface area contributed by atoms with Crippen LogP contribution < -0.4 is 0 Å². The van der Waals surface area contributed by atoms with Gasteiger partial charge in [-0.2, -0.15) is 4.31 Å². The number of rotatable bonds is 3. The summed E-state index contributed by atoms with van der Waals surface area (Å²) < 4.78 is 25.7. The van der Waals surface area contributed by atoms with Gasteiger partial charge in [0.25, 0.3) is 0 Å². The van der Waals surface area contributed by atoms with Crippen LogP contribution in [0.25, 0.3) is 0 Å². The molecule has 2 rings (SSSR count). The Bertz CT molecular complexity index is 496. The Balaban J connectivity index is 2.36. The van der Waals surface area contributed by atoms with Crippen molar-refractivity contribution in [2.45, 2.75) is 32.7 Å². The first-order chi connectivity index (χ1) is 8.06. The smallest absolute Gasteiger partial charge is 0.212 e. The minimum atomic E-state index is -3.08. The Morgan fingerprint density at radius 1 is 1.35 bits per heavy atom. The van der Waals surface area contributed by atoms with Crippen molar-refractivity contribution in [3.8, 4) is 0 Å². The molecule has 0 spiro atoms. The highest BCUT2D eigenvalue weighted by Gasteiger charge is 2.34. The van der Waals surface area contributed by atoms with E-state index in [1.807, 2.05) is 31.2 Å². The molecule has 4 heteroatoms. The van der Waals surface area contributed by atoms with E-state index in [0.29, 0.717) is 6.54 Å². The molecule has 1 fully saturated rings. The summed E-state index contributed by atoms with van der Waals surface area (Å²) in [7, 11) is -3.08. The second-order valence-electron chi connectivity index (χ2n) is 4.53. The molecule has 0 radical (unpaired) electrons. The lowest BCUT2D eigenvalue weighted by Crippen LogP contribution is -2.32. The first-order valence-electron chi connectivity index (χ1n) is 6.11. The maximum Gasteiger partial charge on any atom is 0.214 e. The number of hydrogen-bond donors (Lipinski definition) is 0. The van der Waals surface area contributed by atoms with E-state index >= 15 is 0 Å². The summed E-state index contributed by atoms with van der Waals surface area (Å²) >= 11 is 0. The zero-order valence-corrected chi connectivity index (χ0v) is 11.2. The zero-order chi connectivity index (χ0) is 12.5. The monoisotopic (exact) mass is 253 g/mol. The van der Waals surface area contributed by atoms with Crippen LogP contribution in [-0.4, -0.2) is 25.0 Å². The Morgan fingerprint density at radius 2 is 2.06 bits per heavy atom. The van der Waals surface area contributed by atoms with Crippen LogP contribution in [0.15, 0.2) is 24.3 Å². The Kier molecular flexibility index (Phi) is 3.54. The lowest BCUT2D eigenvalue weighted by molar-refractivity contribution is 0.396. The molecular formula is C13H19NO2S. The minimum absolute atomic E-state index is 0.0427. The molecule has 1 aromatic carbocycles. The molecule has 1 heterocycles. The van der Waals surface area contributed by atoms with Crippen molar-refractivity contribution >= 4 is 10.0 Å². The van der Waals surface area contributed by atoms with Crippen molar-refractivity contribution in [3.63, 3.8) is 0 Å². The average molecular weight is 253 g/mol. The molecule has 1 aromatic rings. The van der Waals surface area contributed by atoms with Gasteiger partial charge in [-0.15, -0.1) is 0 Å². The van der Waals surface area contributed by atoms with E-state index in [-0.39, 0.29) is 11.8 Å². The largest absolute Gasteiger partial charge is 0.214 e. The normalized spacial score (nSPS) is 21.9. The van der Waals surface area contributed by atoms with Crippen LogP contribution in [0.4, 0.5) is 0 Å². The second kappa shape index (κ2) is 4.78. The van der Waals surface area contributed by atoms with Gasteiger partial charge in [0.1, 0.15) is 0 Å². The van der Waals surface area contributed by atoms with Gasteiger partial charge >= 0.3 is 0 Å². The van der Waals surface area contributed by atoms with Crippen molar-refractivity contribution in [1.82, 2.24) is 4.31 Å². The highest BCUT2D eigenvalue weighted by Crippen LogP contribution is 2.35. The van der Waals surface area contributed by atoms with Crippen LogP contribution >= 0.6 is 0 Å². The molecule has 0 bridgehead atoms. The highest BCUT2D eigenvalue weighted by atomic mass is 32.2. The molecule has 1 aliphatic rings. The van der Waals surface area contributed by atoms with Gasteiger partial charge in [-0.25, -0.2) is 8.42 Å². The maximum atomic E-state index is 12.0. The summed E-state index contributed by atoms with van der Waals surface area (Å²) in [6.07, 6.45) is 1.89. The number of benzene rings is 1. The number of hydrogen-bond acceptors (Lipinski definition) is 2. The van der Waals surface area contributed by atoms with Crippen LogP contribution in [0.3, 0.4) is 0 Å². The molecule has 0 aliphatic carbocycles. The highest BCUT2D eigenvalue weighted by molar-refractivity contribution is 7.89. The maximum absolute atomic E-state index is 12.0. The molecule has 94 valence electrons. The van der Waals surface area contributed by atoms with Gasteiger partial charge in [0, 0.05) is 12.6 Å². The van der Waals surface area contributed by atoms with Gasteiger partial charge in [0.05, 0.1) is 5.75 Å². The molecule has 1 saturated heterocycles. The first-order valence-corrected chi connectivity index (χ1v) is 7.72. The van der Waals surface area contributed by atoms with Crippen LogP contribution in [0.5, 0.6) is 0 Å². The SMILES string of the molecule is CCS(=O)(=O)N1CCCC1c1ccccc1C. The lowest BCUT2D eigenvalue weighted by atomic mass is 10.0. The fourth-order valence-electron chi connectivity index (χ4n) is 2.51. The molecule has 0 amide bonds. The Morgan fingerprint density at radius 3 is 2.71 bits per heavy atom. The molecule has 0 N–H and O–H groups in total. The topological polar surface area (TPSA) is 37.4 Å². The van der Waals surface area contributed by atoms with E-state index in [2.05, 4.69) is 0 Å². The van der Waals surface area contributed by atoms with Crippen molar-refractivity contribution in [3.05, 3.63) is 35.4 Å². The van der Waals surface area contributed by atoms with Crippen molar-refractivity contribution < 1.29 is 8.42 Å². The summed E-state index contributed by atoms with van der Waals surface area (Å²) in [5, 5.41) is 0. The van der Waals surface area contributed by atoms with E-state index in [4.69, 9.17) is 0 Å². The standard InChI is InChI=1S/C13H19NO2S/c1-3-17(15,16)14-10-6-9-13(14)12-8-5-4-7-11(12)2/h4-5,7-8,13H,3,6,9-10H2,1-2H3. The number of sulfonamides is 1. The quantitative estimate of drug-likeness (QED) is 0.830. The van der Waals surface area contributed by atoms with Gasteiger partial charge in [0.2, 0.25) is 10.0 Å². The van der Waals surface area contributed by atoms with Crippen molar-refractivity contribution in [1.29, 1.82) is 0 Å². The molecule has 1 unspecified atom stereocenters. The van der Waals surface area contributed by atoms with Crippen molar-refractivity contribution in [2.75, 3.05) is 12.3 Å².